The van der Waals surface area contributed by atoms with Crippen molar-refractivity contribution in [1.29, 1.82) is 0 Å². The minimum Gasteiger partial charge on any atom is -0.832 e. The van der Waals surface area contributed by atoms with Crippen molar-refractivity contribution in [1.82, 2.24) is 0 Å². The maximum absolute atomic E-state index is 9.84. The molecule has 0 radical (unpaired) electrons. The van der Waals surface area contributed by atoms with Gasteiger partial charge in [0.05, 0.1) is 0 Å². The summed E-state index contributed by atoms with van der Waals surface area (Å²) < 4.78 is 3.83. The van der Waals surface area contributed by atoms with E-state index >= 15 is 0 Å². The van der Waals surface area contributed by atoms with Crippen LogP contribution < -0.4 is 34.6 Å². The van der Waals surface area contributed by atoms with Gasteiger partial charge in [-0.05, 0) is 0 Å². The van der Waals surface area contributed by atoms with E-state index < -0.39 is 25.3 Å². The van der Waals surface area contributed by atoms with Crippen LogP contribution >= 0.6 is 11.6 Å². The van der Waals surface area contributed by atoms with Gasteiger partial charge >= 0.3 is 48.8 Å². The summed E-state index contributed by atoms with van der Waals surface area (Å²) in [6.45, 7) is 0. The molecule has 0 heterocycles. The summed E-state index contributed by atoms with van der Waals surface area (Å²) in [4.78, 5) is 19.4. The van der Waals surface area contributed by atoms with E-state index in [0.717, 1.165) is 0 Å². The summed E-state index contributed by atoms with van der Waals surface area (Å²) in [5.41, 5.74) is 0. The van der Waals surface area contributed by atoms with Crippen LogP contribution in [0.15, 0.2) is 0 Å². The third-order valence-corrected chi connectivity index (χ3v) is 0.469. The molecule has 0 saturated heterocycles. The summed E-state index contributed by atoms with van der Waals surface area (Å²) in [7, 11) is -2.42. The zero-order chi connectivity index (χ0) is 10.1. The van der Waals surface area contributed by atoms with Gasteiger partial charge < -0.3 is 24.9 Å². The van der Waals surface area contributed by atoms with Gasteiger partial charge in [-0.25, -0.2) is 9.59 Å². The minimum absolute atomic E-state index is 0. The largest absolute Gasteiger partial charge is 1.00 e. The van der Waals surface area contributed by atoms with Crippen molar-refractivity contribution in [3.8, 4) is 0 Å². The van der Waals surface area contributed by atoms with E-state index in [2.05, 4.69) is 4.74 Å². The summed E-state index contributed by atoms with van der Waals surface area (Å²) in [5, 5.41) is 30.5. The van der Waals surface area contributed by atoms with Gasteiger partial charge in [0.1, 0.15) is 0 Å². The van der Waals surface area contributed by atoms with Gasteiger partial charge in [0.2, 0.25) is 0 Å². The second-order valence-electron chi connectivity index (χ2n) is 1.17. The van der Waals surface area contributed by atoms with E-state index in [9.17, 15) is 9.59 Å². The second kappa shape index (κ2) is 12.2. The zero-order valence-corrected chi connectivity index (χ0v) is 9.39. The molecule has 0 aliphatic rings. The van der Waals surface area contributed by atoms with Crippen molar-refractivity contribution in [2.24, 2.45) is 0 Å². The van der Waals surface area contributed by atoms with E-state index in [1.54, 1.807) is 0 Å². The number of carbonyl (C=O) groups excluding carboxylic acids is 1. The van der Waals surface area contributed by atoms with E-state index in [0.29, 0.717) is 0 Å². The number of hydrogen-bond acceptors (Lipinski definition) is 6. The Hall–Kier alpha value is 0.175. The first-order chi connectivity index (χ1) is 5.41. The topological polar surface area (TPSA) is 127 Å². The number of carboxylic acid groups (broad SMARTS) is 1. The predicted octanol–water partition coefficient (Wildman–Crippen LogP) is -5.87. The van der Waals surface area contributed by atoms with E-state index in [1.165, 1.54) is 0 Å². The maximum atomic E-state index is 9.84. The Bertz CT molecular complexity index is 150. The van der Waals surface area contributed by atoms with Crippen molar-refractivity contribution in [3.05, 3.63) is 0 Å². The van der Waals surface area contributed by atoms with Crippen LogP contribution in [0.25, 0.3) is 0 Å². The summed E-state index contributed by atoms with van der Waals surface area (Å²) in [6, 6.07) is -0.425. The third-order valence-electron chi connectivity index (χ3n) is 0.360. The first-order valence-corrected chi connectivity index (χ1v) is 2.93. The number of carbonyl (C=O) groups is 2. The standard InChI is InChI=1S/C3H3ClO4.BH2O3.Na/c4-1-8-3(7)2(5)6;2-1(3)4;/h1H2,(H,5,6);2-3H;/q;-1;+1. The van der Waals surface area contributed by atoms with Crippen LogP contribution in [0.2, 0.25) is 0 Å². The molecule has 0 aliphatic heterocycles. The van der Waals surface area contributed by atoms with E-state index in [4.69, 9.17) is 31.8 Å². The molecule has 0 saturated carbocycles. The summed E-state index contributed by atoms with van der Waals surface area (Å²) in [6.07, 6.45) is 0. The number of ether oxygens (including phenoxy) is 1. The minimum atomic E-state index is -2.42. The number of aliphatic carboxylic acids is 1. The smallest absolute Gasteiger partial charge is 0.832 e. The molecule has 0 spiro atoms. The molecule has 0 rings (SSSR count). The average Bonchev–Trinajstić information content (AvgIpc) is 1.86. The molecule has 13 heavy (non-hydrogen) atoms. The van der Waals surface area contributed by atoms with Crippen LogP contribution in [-0.2, 0) is 14.3 Å². The van der Waals surface area contributed by atoms with Crippen LogP contribution in [0.3, 0.4) is 0 Å². The average molecular weight is 222 g/mol. The SMILES string of the molecule is O=C(O)C(=O)OCCl.[Na+].[O-]B(O)O. The van der Waals surface area contributed by atoms with Gasteiger partial charge in [-0.2, -0.15) is 0 Å². The zero-order valence-electron chi connectivity index (χ0n) is 6.64. The molecule has 0 fully saturated rings. The van der Waals surface area contributed by atoms with Gasteiger partial charge in [0.25, 0.3) is 0 Å². The fourth-order valence-corrected chi connectivity index (χ4v) is 0.210. The Kier molecular flexibility index (Phi) is 17.7. The fourth-order valence-electron chi connectivity index (χ4n) is 0.111. The molecule has 0 aliphatic carbocycles. The number of esters is 1. The Morgan fingerprint density at radius 2 is 1.77 bits per heavy atom. The number of alkyl halides is 1. The monoisotopic (exact) mass is 222 g/mol. The Balaban J connectivity index is -0.000000173. The second-order valence-corrected chi connectivity index (χ2v) is 1.39. The van der Waals surface area contributed by atoms with Crippen molar-refractivity contribution in [2.75, 3.05) is 6.07 Å². The fraction of sp³-hybridized carbons (Fsp3) is 0.333. The number of carboxylic acids is 1. The number of rotatable bonds is 1. The maximum Gasteiger partial charge on any atom is 1.00 e. The third kappa shape index (κ3) is 24.5. The first-order valence-electron chi connectivity index (χ1n) is 2.39. The molecule has 0 aromatic rings. The predicted molar refractivity (Wildman–Crippen MR) is 34.6 cm³/mol. The molecule has 0 amide bonds. The molecule has 0 aromatic heterocycles. The molecule has 0 bridgehead atoms. The molecule has 7 nitrogen and oxygen atoms in total. The molecule has 70 valence electrons. The van der Waals surface area contributed by atoms with Crippen molar-refractivity contribution in [2.45, 2.75) is 0 Å². The molecule has 0 atom stereocenters. The molecule has 10 heteroatoms. The van der Waals surface area contributed by atoms with Crippen molar-refractivity contribution in [3.63, 3.8) is 0 Å². The van der Waals surface area contributed by atoms with Crippen molar-refractivity contribution < 1.29 is 64.1 Å². The van der Waals surface area contributed by atoms with Crippen LogP contribution in [0, 0.1) is 0 Å². The molecular weight excluding hydrogens is 217 g/mol. The molecule has 0 aromatic carbocycles. The quantitative estimate of drug-likeness (QED) is 0.174. The Labute approximate surface area is 101 Å². The van der Waals surface area contributed by atoms with Gasteiger partial charge in [0, 0.05) is 0 Å². The Morgan fingerprint density at radius 1 is 1.46 bits per heavy atom. The summed E-state index contributed by atoms with van der Waals surface area (Å²) in [5.74, 6) is -2.97. The van der Waals surface area contributed by atoms with Gasteiger partial charge in [-0.15, -0.1) is 0 Å². The number of halogens is 1. The van der Waals surface area contributed by atoms with Gasteiger partial charge in [-0.3, -0.25) is 0 Å². The first kappa shape index (κ1) is 18.9. The van der Waals surface area contributed by atoms with E-state index in [1.807, 2.05) is 0 Å². The van der Waals surface area contributed by atoms with Crippen molar-refractivity contribution >= 4 is 30.9 Å². The van der Waals surface area contributed by atoms with E-state index in [-0.39, 0.29) is 29.6 Å². The normalized spacial score (nSPS) is 7.08. The van der Waals surface area contributed by atoms with Crippen LogP contribution in [0.4, 0.5) is 0 Å². The van der Waals surface area contributed by atoms with Crippen LogP contribution in [0.1, 0.15) is 0 Å². The Morgan fingerprint density at radius 3 is 1.85 bits per heavy atom. The van der Waals surface area contributed by atoms with Crippen LogP contribution in [-0.4, -0.2) is 40.5 Å². The molecule has 3 N–H and O–H groups in total. The van der Waals surface area contributed by atoms with Gasteiger partial charge in [-0.1, -0.05) is 11.6 Å². The van der Waals surface area contributed by atoms with Gasteiger partial charge in [0.15, 0.2) is 6.07 Å². The molecular formula is C3H5BClNaO7. The van der Waals surface area contributed by atoms with Crippen LogP contribution in [0.5, 0.6) is 0 Å². The number of hydrogen-bond donors (Lipinski definition) is 3. The molecule has 0 unspecified atom stereocenters. The summed E-state index contributed by atoms with van der Waals surface area (Å²) >= 11 is 4.83.